The first-order chi connectivity index (χ1) is 16.4. The Hall–Kier alpha value is -4.14. The van der Waals surface area contributed by atoms with Crippen LogP contribution in [0.25, 0.3) is 11.1 Å². The van der Waals surface area contributed by atoms with Gasteiger partial charge in [0, 0.05) is 31.0 Å². The van der Waals surface area contributed by atoms with Gasteiger partial charge in [0.15, 0.2) is 5.69 Å². The number of aryl methyl sites for hydroxylation is 1. The van der Waals surface area contributed by atoms with Crippen molar-refractivity contribution in [3.8, 4) is 11.1 Å². The molecule has 0 saturated heterocycles. The maximum Gasteiger partial charge on any atom is 0.407 e. The molecule has 2 aliphatic carbocycles. The quantitative estimate of drug-likeness (QED) is 0.518. The summed E-state index contributed by atoms with van der Waals surface area (Å²) in [6.45, 7) is 0.239. The van der Waals surface area contributed by atoms with Crippen molar-refractivity contribution in [2.75, 3.05) is 11.9 Å². The summed E-state index contributed by atoms with van der Waals surface area (Å²) in [6, 6.07) is 17.5. The molecule has 0 aliphatic heterocycles. The lowest BCUT2D eigenvalue weighted by molar-refractivity contribution is -0.122. The third-order valence-corrected chi connectivity index (χ3v) is 6.52. The van der Waals surface area contributed by atoms with Crippen molar-refractivity contribution in [2.24, 2.45) is 13.0 Å². The number of nitrogens with zero attached hydrogens (tertiary/aromatic N) is 2. The van der Waals surface area contributed by atoms with E-state index in [-0.39, 0.29) is 36.1 Å². The Morgan fingerprint density at radius 2 is 1.68 bits per heavy atom. The van der Waals surface area contributed by atoms with Crippen LogP contribution in [0.4, 0.5) is 10.6 Å². The number of aromatic carboxylic acids is 1. The van der Waals surface area contributed by atoms with Crippen molar-refractivity contribution >= 4 is 23.8 Å². The molecule has 0 bridgehead atoms. The zero-order valence-electron chi connectivity index (χ0n) is 18.5. The summed E-state index contributed by atoms with van der Waals surface area (Å²) in [5, 5.41) is 18.4. The van der Waals surface area contributed by atoms with Gasteiger partial charge in [-0.15, -0.1) is 0 Å². The van der Waals surface area contributed by atoms with Crippen molar-refractivity contribution in [1.29, 1.82) is 0 Å². The van der Waals surface area contributed by atoms with Crippen LogP contribution in [-0.2, 0) is 16.6 Å². The van der Waals surface area contributed by atoms with Crippen molar-refractivity contribution < 1.29 is 24.2 Å². The third-order valence-electron chi connectivity index (χ3n) is 6.52. The number of alkyl carbamates (subject to hydrolysis) is 1. The predicted molar refractivity (Wildman–Crippen MR) is 124 cm³/mol. The Kier molecular flexibility index (Phi) is 5.53. The van der Waals surface area contributed by atoms with Gasteiger partial charge < -0.3 is 20.5 Å². The van der Waals surface area contributed by atoms with E-state index < -0.39 is 12.1 Å². The van der Waals surface area contributed by atoms with Crippen LogP contribution in [0.5, 0.6) is 0 Å². The monoisotopic (exact) mass is 460 g/mol. The Bertz CT molecular complexity index is 1230. The molecule has 1 saturated carbocycles. The molecule has 0 unspecified atom stereocenters. The van der Waals surface area contributed by atoms with Crippen LogP contribution in [0.3, 0.4) is 0 Å². The van der Waals surface area contributed by atoms with E-state index in [0.29, 0.717) is 18.7 Å². The van der Waals surface area contributed by atoms with Crippen LogP contribution in [0, 0.1) is 5.92 Å². The number of ether oxygens (including phenoxy) is 1. The van der Waals surface area contributed by atoms with E-state index in [1.165, 1.54) is 21.9 Å². The highest BCUT2D eigenvalue weighted by Gasteiger charge is 2.36. The molecule has 2 aliphatic rings. The van der Waals surface area contributed by atoms with E-state index in [1.807, 2.05) is 24.3 Å². The summed E-state index contributed by atoms with van der Waals surface area (Å²) in [5.74, 6) is -1.36. The van der Waals surface area contributed by atoms with E-state index in [1.54, 1.807) is 7.05 Å². The molecule has 1 aromatic heterocycles. The van der Waals surface area contributed by atoms with Gasteiger partial charge in [0.1, 0.15) is 12.4 Å². The van der Waals surface area contributed by atoms with E-state index in [2.05, 4.69) is 40.0 Å². The number of nitrogens with one attached hydrogen (secondary N) is 2. The third kappa shape index (κ3) is 4.00. The summed E-state index contributed by atoms with van der Waals surface area (Å²) in [4.78, 5) is 35.9. The van der Waals surface area contributed by atoms with Crippen molar-refractivity contribution in [1.82, 2.24) is 15.1 Å². The summed E-state index contributed by atoms with van der Waals surface area (Å²) < 4.78 is 6.87. The predicted octanol–water partition coefficient (Wildman–Crippen LogP) is 3.37. The van der Waals surface area contributed by atoms with Crippen LogP contribution in [0.2, 0.25) is 0 Å². The van der Waals surface area contributed by atoms with Crippen molar-refractivity contribution in [3.05, 3.63) is 71.4 Å². The van der Waals surface area contributed by atoms with Gasteiger partial charge in [-0.25, -0.2) is 9.59 Å². The molecule has 9 nitrogen and oxygen atoms in total. The van der Waals surface area contributed by atoms with E-state index in [4.69, 9.17) is 9.84 Å². The highest BCUT2D eigenvalue weighted by Crippen LogP contribution is 2.44. The molecule has 1 heterocycles. The maximum atomic E-state index is 12.4. The SMILES string of the molecule is Cn1nc(C(=O)O)cc1NC(=O)C1CC(NC(=O)OCC2c3ccccc3-c3ccccc32)C1. The molecular weight excluding hydrogens is 436 g/mol. The van der Waals surface area contributed by atoms with E-state index in [0.717, 1.165) is 11.1 Å². The molecule has 3 aromatic rings. The molecule has 1 fully saturated rings. The number of rotatable bonds is 6. The fourth-order valence-electron chi connectivity index (χ4n) is 4.67. The number of carboxylic acids is 1. The number of carbonyl (C=O) groups is 3. The van der Waals surface area contributed by atoms with E-state index in [9.17, 15) is 14.4 Å². The maximum absolute atomic E-state index is 12.4. The lowest BCUT2D eigenvalue weighted by Gasteiger charge is -2.34. The first-order valence-corrected chi connectivity index (χ1v) is 11.1. The second kappa shape index (κ2) is 8.66. The lowest BCUT2D eigenvalue weighted by Crippen LogP contribution is -2.48. The molecule has 174 valence electrons. The van der Waals surface area contributed by atoms with Crippen molar-refractivity contribution in [2.45, 2.75) is 24.8 Å². The summed E-state index contributed by atoms with van der Waals surface area (Å²) >= 11 is 0. The summed E-state index contributed by atoms with van der Waals surface area (Å²) in [7, 11) is 1.56. The molecule has 0 radical (unpaired) electrons. The number of aromatic nitrogens is 2. The van der Waals surface area contributed by atoms with Gasteiger partial charge in [-0.1, -0.05) is 48.5 Å². The van der Waals surface area contributed by atoms with Crippen LogP contribution in [0.1, 0.15) is 40.4 Å². The number of anilines is 1. The fourth-order valence-corrected chi connectivity index (χ4v) is 4.67. The minimum atomic E-state index is -1.16. The van der Waals surface area contributed by atoms with Gasteiger partial charge >= 0.3 is 12.1 Å². The van der Waals surface area contributed by atoms with Gasteiger partial charge in [-0.3, -0.25) is 9.48 Å². The Morgan fingerprint density at radius 1 is 1.06 bits per heavy atom. The topological polar surface area (TPSA) is 123 Å². The zero-order valence-corrected chi connectivity index (χ0v) is 18.5. The van der Waals surface area contributed by atoms with Gasteiger partial charge in [0.25, 0.3) is 0 Å². The van der Waals surface area contributed by atoms with Gasteiger partial charge in [-0.2, -0.15) is 5.10 Å². The fraction of sp³-hybridized carbons (Fsp3) is 0.280. The summed E-state index contributed by atoms with van der Waals surface area (Å²) in [5.41, 5.74) is 4.50. The number of hydrogen-bond acceptors (Lipinski definition) is 5. The largest absolute Gasteiger partial charge is 0.476 e. The van der Waals surface area contributed by atoms with E-state index >= 15 is 0 Å². The smallest absolute Gasteiger partial charge is 0.407 e. The first-order valence-electron chi connectivity index (χ1n) is 11.1. The minimum Gasteiger partial charge on any atom is -0.476 e. The molecular formula is C25H24N4O5. The minimum absolute atomic E-state index is 0.00680. The molecule has 0 atom stereocenters. The first kappa shape index (κ1) is 21.7. The number of fused-ring (bicyclic) bond motifs is 3. The standard InChI is InChI=1S/C25H24N4O5/c1-29-22(12-21(28-29)24(31)32)27-23(30)14-10-15(11-14)26-25(33)34-13-20-18-8-4-2-6-16(18)17-7-3-5-9-19(17)20/h2-9,12,14-15,20H,10-11,13H2,1H3,(H,26,33)(H,27,30)(H,31,32). The zero-order chi connectivity index (χ0) is 23.8. The second-order valence-electron chi connectivity index (χ2n) is 8.67. The van der Waals surface area contributed by atoms with Crippen molar-refractivity contribution in [3.63, 3.8) is 0 Å². The number of carbonyl (C=O) groups excluding carboxylic acids is 2. The van der Waals surface area contributed by atoms with Crippen LogP contribution >= 0.6 is 0 Å². The number of carboxylic acid groups (broad SMARTS) is 1. The van der Waals surface area contributed by atoms with Crippen LogP contribution < -0.4 is 10.6 Å². The lowest BCUT2D eigenvalue weighted by atomic mass is 9.79. The van der Waals surface area contributed by atoms with Crippen LogP contribution in [-0.4, -0.2) is 45.5 Å². The highest BCUT2D eigenvalue weighted by molar-refractivity contribution is 5.94. The Balaban J connectivity index is 1.11. The summed E-state index contributed by atoms with van der Waals surface area (Å²) in [6.07, 6.45) is 0.475. The molecule has 0 spiro atoms. The van der Waals surface area contributed by atoms with Crippen LogP contribution in [0.15, 0.2) is 54.6 Å². The molecule has 3 N–H and O–H groups in total. The average molecular weight is 460 g/mol. The molecule has 5 rings (SSSR count). The number of benzene rings is 2. The number of hydrogen-bond donors (Lipinski definition) is 3. The van der Waals surface area contributed by atoms with Gasteiger partial charge in [0.2, 0.25) is 5.91 Å². The normalized spacial score (nSPS) is 18.4. The molecule has 9 heteroatoms. The van der Waals surface area contributed by atoms with Gasteiger partial charge in [-0.05, 0) is 35.1 Å². The number of amides is 2. The highest BCUT2D eigenvalue weighted by atomic mass is 16.5. The molecule has 34 heavy (non-hydrogen) atoms. The Morgan fingerprint density at radius 3 is 2.26 bits per heavy atom. The van der Waals surface area contributed by atoms with Gasteiger partial charge in [0.05, 0.1) is 0 Å². The average Bonchev–Trinajstić information content (AvgIpc) is 3.32. The second-order valence-corrected chi connectivity index (χ2v) is 8.67. The Labute approximate surface area is 195 Å². The molecule has 2 amide bonds. The molecule has 2 aromatic carbocycles.